The number of primary amides is 1. The first-order valence-electron chi connectivity index (χ1n) is 13.5. The van der Waals surface area contributed by atoms with Crippen LogP contribution >= 0.6 is 0 Å². The van der Waals surface area contributed by atoms with E-state index in [-0.39, 0.29) is 42.7 Å². The molecule has 3 aliphatic rings. The highest BCUT2D eigenvalue weighted by Gasteiger charge is 2.69. The molecular formula is C26H42N6O7S. The minimum atomic E-state index is -3.77. The fourth-order valence-electron chi connectivity index (χ4n) is 5.77. The predicted molar refractivity (Wildman–Crippen MR) is 147 cm³/mol. The Bertz CT molecular complexity index is 1170. The highest BCUT2D eigenvalue weighted by atomic mass is 32.2. The summed E-state index contributed by atoms with van der Waals surface area (Å²) in [6.07, 6.45) is 2.13. The van der Waals surface area contributed by atoms with Gasteiger partial charge < -0.3 is 26.6 Å². The Hall–Kier alpha value is -3.00. The Balaban J connectivity index is 1.83. The maximum absolute atomic E-state index is 13.9. The third kappa shape index (κ3) is 7.00. The highest BCUT2D eigenvalue weighted by molar-refractivity contribution is 7.92. The number of likely N-dealkylation sites (tertiary alicyclic amines) is 1. The average molecular weight is 583 g/mol. The second kappa shape index (κ2) is 11.5. The molecule has 1 heterocycles. The number of carbonyl (C=O) groups is 5. The first-order valence-corrected chi connectivity index (χ1v) is 15.1. The van der Waals surface area contributed by atoms with Crippen molar-refractivity contribution < 1.29 is 32.4 Å². The van der Waals surface area contributed by atoms with E-state index < -0.39 is 63.2 Å². The molecule has 2 saturated carbocycles. The summed E-state index contributed by atoms with van der Waals surface area (Å²) < 4.78 is 26.0. The van der Waals surface area contributed by atoms with E-state index in [4.69, 9.17) is 5.73 Å². The van der Waals surface area contributed by atoms with E-state index in [0.29, 0.717) is 12.8 Å². The minimum absolute atomic E-state index is 0.0181. The van der Waals surface area contributed by atoms with Crippen molar-refractivity contribution in [3.8, 4) is 0 Å². The third-order valence-corrected chi connectivity index (χ3v) is 9.30. The summed E-state index contributed by atoms with van der Waals surface area (Å²) in [5, 5.41) is 8.80. The van der Waals surface area contributed by atoms with Crippen molar-refractivity contribution in [2.24, 2.45) is 28.9 Å². The van der Waals surface area contributed by atoms with E-state index in [1.807, 2.05) is 13.8 Å². The lowest BCUT2D eigenvalue weighted by Gasteiger charge is -2.36. The van der Waals surface area contributed by atoms with Crippen molar-refractivity contribution in [1.29, 1.82) is 0 Å². The van der Waals surface area contributed by atoms with Crippen molar-refractivity contribution in [3.05, 3.63) is 12.0 Å². The number of nitrogens with one attached hydrogen (secondary N) is 4. The van der Waals surface area contributed by atoms with Crippen molar-refractivity contribution in [1.82, 2.24) is 25.6 Å². The third-order valence-electron chi connectivity index (χ3n) is 8.25. The topological polar surface area (TPSA) is 197 Å². The molecule has 0 aromatic carbocycles. The number of fused-ring (bicyclic) bond motifs is 1. The first kappa shape index (κ1) is 31.5. The molecule has 13 nitrogen and oxygen atoms in total. The molecule has 5 atom stereocenters. The van der Waals surface area contributed by atoms with E-state index in [1.165, 1.54) is 4.90 Å². The predicted octanol–water partition coefficient (Wildman–Crippen LogP) is -0.272. The molecule has 6 N–H and O–H groups in total. The molecule has 0 aromatic rings. The second-order valence-electron chi connectivity index (χ2n) is 12.6. The summed E-state index contributed by atoms with van der Waals surface area (Å²) in [6, 6.07) is -3.77. The zero-order chi connectivity index (χ0) is 30.2. The summed E-state index contributed by atoms with van der Waals surface area (Å²) in [5.74, 6) is -3.47. The monoisotopic (exact) mass is 582 g/mol. The molecular weight excluding hydrogens is 540 g/mol. The molecule has 0 bridgehead atoms. The average Bonchev–Trinajstić information content (AvgIpc) is 3.13. The van der Waals surface area contributed by atoms with Gasteiger partial charge in [0.25, 0.3) is 5.91 Å². The zero-order valence-corrected chi connectivity index (χ0v) is 24.6. The molecule has 2 aliphatic carbocycles. The molecule has 224 valence electrons. The van der Waals surface area contributed by atoms with Gasteiger partial charge in [-0.15, -0.1) is 0 Å². The van der Waals surface area contributed by atoms with Gasteiger partial charge in [-0.2, -0.15) is 0 Å². The fraction of sp³-hybridized carbons (Fsp3) is 0.731. The van der Waals surface area contributed by atoms with Crippen molar-refractivity contribution in [3.63, 3.8) is 0 Å². The molecule has 1 saturated heterocycles. The molecule has 0 aromatic heterocycles. The number of sulfonamides is 1. The molecule has 0 spiro atoms. The Kier molecular flexibility index (Phi) is 9.04. The normalized spacial score (nSPS) is 25.0. The van der Waals surface area contributed by atoms with Crippen LogP contribution in [0, 0.1) is 23.2 Å². The number of ketones is 1. The second-order valence-corrected chi connectivity index (χ2v) is 14.3. The molecule has 3 fully saturated rings. The number of rotatable bonds is 12. The van der Waals surface area contributed by atoms with Crippen LogP contribution in [0.3, 0.4) is 0 Å². The van der Waals surface area contributed by atoms with Crippen molar-refractivity contribution >= 4 is 39.6 Å². The lowest BCUT2D eigenvalue weighted by Crippen LogP contribution is -2.60. The largest absolute Gasteiger partial charge is 0.363 e. The summed E-state index contributed by atoms with van der Waals surface area (Å²) in [5.41, 5.74) is 4.41. The minimum Gasteiger partial charge on any atom is -0.363 e. The Morgan fingerprint density at radius 3 is 2.25 bits per heavy atom. The number of nitrogens with two attached hydrogens (primary N) is 1. The van der Waals surface area contributed by atoms with Crippen LogP contribution in [0.25, 0.3) is 0 Å². The highest BCUT2D eigenvalue weighted by Crippen LogP contribution is 2.65. The van der Waals surface area contributed by atoms with Gasteiger partial charge in [-0.1, -0.05) is 26.8 Å². The van der Waals surface area contributed by atoms with Crippen LogP contribution in [0.2, 0.25) is 0 Å². The van der Waals surface area contributed by atoms with Gasteiger partial charge in [-0.05, 0) is 63.2 Å². The SMILES string of the molecule is C=CS(=O)(=O)NCC[C@H](NC(=O)NC(C)(C)C)C(=O)N1CC2C(C1C(=O)NC(C(=O)C(N)=O)C1CCC1)C2(C)C. The van der Waals surface area contributed by atoms with Gasteiger partial charge in [0, 0.05) is 24.0 Å². The van der Waals surface area contributed by atoms with Crippen LogP contribution in [0.1, 0.15) is 60.3 Å². The molecule has 4 unspecified atom stereocenters. The molecule has 1 aliphatic heterocycles. The number of hydrogen-bond donors (Lipinski definition) is 5. The van der Waals surface area contributed by atoms with Gasteiger partial charge in [-0.3, -0.25) is 19.2 Å². The lowest BCUT2D eigenvalue weighted by molar-refractivity contribution is -0.144. The number of Topliss-reactive ketones (excluding diaryl/α,β-unsaturated/α-hetero) is 1. The van der Waals surface area contributed by atoms with Crippen molar-refractivity contribution in [2.45, 2.75) is 84.0 Å². The maximum atomic E-state index is 13.9. The summed E-state index contributed by atoms with van der Waals surface area (Å²) in [6.45, 7) is 12.6. The van der Waals surface area contributed by atoms with Gasteiger partial charge in [0.05, 0.1) is 0 Å². The van der Waals surface area contributed by atoms with Crippen LogP contribution in [-0.2, 0) is 29.2 Å². The molecule has 0 radical (unpaired) electrons. The standard InChI is InChI=1S/C26H42N6O7S/c1-7-40(38,39)28-12-11-16(29-24(37)31-25(2,3)4)23(36)32-13-15-17(26(15,5)6)19(32)22(35)30-18(14-9-8-10-14)20(33)21(27)34/h7,14-19,28H,1,8-13H2,2-6H3,(H2,27,34)(H,30,35)(H2,29,31,37)/t15?,16-,17?,18?,19?/m0/s1. The molecule has 40 heavy (non-hydrogen) atoms. The number of urea groups is 1. The number of nitrogens with zero attached hydrogens (tertiary/aromatic N) is 1. The van der Waals surface area contributed by atoms with E-state index in [2.05, 4.69) is 27.3 Å². The Morgan fingerprint density at radius 2 is 1.75 bits per heavy atom. The van der Waals surface area contributed by atoms with Gasteiger partial charge in [-0.25, -0.2) is 17.9 Å². The van der Waals surface area contributed by atoms with E-state index in [9.17, 15) is 32.4 Å². The van der Waals surface area contributed by atoms with Crippen molar-refractivity contribution in [2.75, 3.05) is 13.1 Å². The molecule has 5 amide bonds. The quantitative estimate of drug-likeness (QED) is 0.195. The Labute approximate surface area is 235 Å². The van der Waals surface area contributed by atoms with E-state index >= 15 is 0 Å². The van der Waals surface area contributed by atoms with Crippen LogP contribution in [0.15, 0.2) is 12.0 Å². The molecule has 14 heteroatoms. The van der Waals surface area contributed by atoms with Crippen LogP contribution < -0.4 is 26.4 Å². The number of amides is 5. The first-order chi connectivity index (χ1) is 18.4. The number of carbonyl (C=O) groups excluding carboxylic acids is 5. The fourth-order valence-corrected chi connectivity index (χ4v) is 6.29. The zero-order valence-electron chi connectivity index (χ0n) is 23.8. The smallest absolute Gasteiger partial charge is 0.315 e. The Morgan fingerprint density at radius 1 is 1.12 bits per heavy atom. The van der Waals surface area contributed by atoms with Gasteiger partial charge in [0.2, 0.25) is 27.6 Å². The van der Waals surface area contributed by atoms with Gasteiger partial charge in [0.15, 0.2) is 0 Å². The number of piperidine rings is 1. The van der Waals surface area contributed by atoms with Crippen LogP contribution in [0.5, 0.6) is 0 Å². The van der Waals surface area contributed by atoms with Gasteiger partial charge >= 0.3 is 6.03 Å². The van der Waals surface area contributed by atoms with Crippen LogP contribution in [0.4, 0.5) is 4.79 Å². The summed E-state index contributed by atoms with van der Waals surface area (Å²) in [4.78, 5) is 65.8. The lowest BCUT2D eigenvalue weighted by atomic mass is 9.78. The summed E-state index contributed by atoms with van der Waals surface area (Å²) in [7, 11) is -3.77. The maximum Gasteiger partial charge on any atom is 0.315 e. The van der Waals surface area contributed by atoms with Crippen LogP contribution in [-0.4, -0.2) is 79.6 Å². The van der Waals surface area contributed by atoms with E-state index in [1.54, 1.807) is 20.8 Å². The number of hydrogen-bond acceptors (Lipinski definition) is 7. The van der Waals surface area contributed by atoms with Gasteiger partial charge in [0.1, 0.15) is 18.1 Å². The molecule has 3 rings (SSSR count). The summed E-state index contributed by atoms with van der Waals surface area (Å²) >= 11 is 0. The van der Waals surface area contributed by atoms with E-state index in [0.717, 1.165) is 11.8 Å².